The molecule has 5 heteroatoms. The molecule has 18 heavy (non-hydrogen) atoms. The van der Waals surface area contributed by atoms with Crippen molar-refractivity contribution in [1.29, 1.82) is 0 Å². The molecular weight excluding hydrogens is 232 g/mol. The van der Waals surface area contributed by atoms with Crippen LogP contribution in [-0.4, -0.2) is 23.1 Å². The molecule has 0 bridgehead atoms. The molecule has 0 aliphatic carbocycles. The zero-order valence-corrected chi connectivity index (χ0v) is 10.5. The van der Waals surface area contributed by atoms with Gasteiger partial charge in [0.05, 0.1) is 0 Å². The molecule has 2 atom stereocenters. The fourth-order valence-electron chi connectivity index (χ4n) is 1.43. The molecule has 0 fully saturated rings. The predicted molar refractivity (Wildman–Crippen MR) is 68.2 cm³/mol. The molecule has 0 aliphatic rings. The summed E-state index contributed by atoms with van der Waals surface area (Å²) >= 11 is 0. The van der Waals surface area contributed by atoms with E-state index in [1.165, 1.54) is 0 Å². The van der Waals surface area contributed by atoms with Gasteiger partial charge in [-0.15, -0.1) is 0 Å². The molecule has 1 unspecified atom stereocenters. The van der Waals surface area contributed by atoms with Crippen molar-refractivity contribution >= 4 is 12.0 Å². The highest BCUT2D eigenvalue weighted by Gasteiger charge is 2.21. The van der Waals surface area contributed by atoms with E-state index in [2.05, 4.69) is 10.6 Å². The highest BCUT2D eigenvalue weighted by molar-refractivity contribution is 5.83. The summed E-state index contributed by atoms with van der Waals surface area (Å²) in [5.74, 6) is -1.08. The molecular formula is C13H18N2O3. The first-order valence-electron chi connectivity index (χ1n) is 5.89. The number of hydrogen-bond donors (Lipinski definition) is 3. The summed E-state index contributed by atoms with van der Waals surface area (Å²) in [6, 6.07) is 7.11. The SMILES string of the molecule is CCC(C)NC(=O)N[C@@H](C(=O)O)c1ccccc1. The Balaban J connectivity index is 2.71. The largest absolute Gasteiger partial charge is 0.479 e. The van der Waals surface area contributed by atoms with Crippen molar-refractivity contribution in [2.45, 2.75) is 32.4 Å². The summed E-state index contributed by atoms with van der Waals surface area (Å²) in [7, 11) is 0. The number of nitrogens with one attached hydrogen (secondary N) is 2. The third kappa shape index (κ3) is 4.08. The second-order valence-electron chi connectivity index (χ2n) is 4.11. The summed E-state index contributed by atoms with van der Waals surface area (Å²) in [4.78, 5) is 22.8. The van der Waals surface area contributed by atoms with Crippen molar-refractivity contribution in [3.05, 3.63) is 35.9 Å². The number of carboxylic acid groups (broad SMARTS) is 1. The Morgan fingerprint density at radius 2 is 1.83 bits per heavy atom. The highest BCUT2D eigenvalue weighted by atomic mass is 16.4. The van der Waals surface area contributed by atoms with E-state index in [0.717, 1.165) is 6.42 Å². The molecule has 0 saturated carbocycles. The van der Waals surface area contributed by atoms with Gasteiger partial charge in [0.15, 0.2) is 6.04 Å². The fourth-order valence-corrected chi connectivity index (χ4v) is 1.43. The molecule has 2 amide bonds. The Labute approximate surface area is 106 Å². The zero-order chi connectivity index (χ0) is 13.5. The summed E-state index contributed by atoms with van der Waals surface area (Å²) in [6.45, 7) is 3.80. The van der Waals surface area contributed by atoms with Gasteiger partial charge in [0.1, 0.15) is 0 Å². The lowest BCUT2D eigenvalue weighted by Gasteiger charge is -2.17. The zero-order valence-electron chi connectivity index (χ0n) is 10.5. The van der Waals surface area contributed by atoms with Gasteiger partial charge in [-0.05, 0) is 18.9 Å². The topological polar surface area (TPSA) is 78.4 Å². The second-order valence-corrected chi connectivity index (χ2v) is 4.11. The van der Waals surface area contributed by atoms with E-state index in [9.17, 15) is 9.59 Å². The quantitative estimate of drug-likeness (QED) is 0.747. The fraction of sp³-hybridized carbons (Fsp3) is 0.385. The number of urea groups is 1. The Kier molecular flexibility index (Phi) is 5.17. The maximum atomic E-state index is 11.6. The van der Waals surface area contributed by atoms with Crippen LogP contribution >= 0.6 is 0 Å². The first-order chi connectivity index (χ1) is 8.54. The molecule has 0 aliphatic heterocycles. The first-order valence-corrected chi connectivity index (χ1v) is 5.89. The number of amides is 2. The molecule has 1 aromatic carbocycles. The summed E-state index contributed by atoms with van der Waals surface area (Å²) in [5, 5.41) is 14.2. The van der Waals surface area contributed by atoms with E-state index in [1.807, 2.05) is 13.8 Å². The van der Waals surface area contributed by atoms with Gasteiger partial charge in [-0.3, -0.25) is 0 Å². The number of carboxylic acids is 1. The number of aliphatic carboxylic acids is 1. The molecule has 5 nitrogen and oxygen atoms in total. The average molecular weight is 250 g/mol. The van der Waals surface area contributed by atoms with Crippen LogP contribution in [0.15, 0.2) is 30.3 Å². The first kappa shape index (κ1) is 14.0. The minimum absolute atomic E-state index is 0.00946. The van der Waals surface area contributed by atoms with E-state index in [0.29, 0.717) is 5.56 Å². The van der Waals surface area contributed by atoms with Gasteiger partial charge in [-0.25, -0.2) is 9.59 Å². The Morgan fingerprint density at radius 1 is 1.22 bits per heavy atom. The Bertz CT molecular complexity index is 406. The number of carbonyl (C=O) groups excluding carboxylic acids is 1. The van der Waals surface area contributed by atoms with Crippen LogP contribution in [0.2, 0.25) is 0 Å². The molecule has 0 aromatic heterocycles. The summed E-state index contributed by atoms with van der Waals surface area (Å²) in [6.07, 6.45) is 0.788. The van der Waals surface area contributed by atoms with Crippen LogP contribution < -0.4 is 10.6 Å². The number of carbonyl (C=O) groups is 2. The van der Waals surface area contributed by atoms with Crippen molar-refractivity contribution in [2.24, 2.45) is 0 Å². The van der Waals surface area contributed by atoms with E-state index in [-0.39, 0.29) is 6.04 Å². The predicted octanol–water partition coefficient (Wildman–Crippen LogP) is 1.91. The number of hydrogen-bond acceptors (Lipinski definition) is 2. The molecule has 0 radical (unpaired) electrons. The van der Waals surface area contributed by atoms with Gasteiger partial charge in [0, 0.05) is 6.04 Å². The van der Waals surface area contributed by atoms with Gasteiger partial charge in [0.2, 0.25) is 0 Å². The summed E-state index contributed by atoms with van der Waals surface area (Å²) < 4.78 is 0. The van der Waals surface area contributed by atoms with Crippen molar-refractivity contribution in [2.75, 3.05) is 0 Å². The summed E-state index contributed by atoms with van der Waals surface area (Å²) in [5.41, 5.74) is 0.546. The van der Waals surface area contributed by atoms with E-state index in [4.69, 9.17) is 5.11 Å². The smallest absolute Gasteiger partial charge is 0.330 e. The van der Waals surface area contributed by atoms with Gasteiger partial charge < -0.3 is 15.7 Å². The van der Waals surface area contributed by atoms with Gasteiger partial charge in [-0.1, -0.05) is 37.3 Å². The molecule has 3 N–H and O–H groups in total. The van der Waals surface area contributed by atoms with E-state index < -0.39 is 18.0 Å². The maximum Gasteiger partial charge on any atom is 0.330 e. The molecule has 98 valence electrons. The molecule has 0 heterocycles. The highest BCUT2D eigenvalue weighted by Crippen LogP contribution is 2.12. The molecule has 1 rings (SSSR count). The minimum Gasteiger partial charge on any atom is -0.479 e. The van der Waals surface area contributed by atoms with Crippen LogP contribution in [0.3, 0.4) is 0 Å². The van der Waals surface area contributed by atoms with Crippen LogP contribution in [0, 0.1) is 0 Å². The molecule has 0 saturated heterocycles. The maximum absolute atomic E-state index is 11.6. The Hall–Kier alpha value is -2.04. The lowest BCUT2D eigenvalue weighted by molar-refractivity contribution is -0.139. The average Bonchev–Trinajstić information content (AvgIpc) is 2.36. The second kappa shape index (κ2) is 6.64. The lowest BCUT2D eigenvalue weighted by Crippen LogP contribution is -2.44. The monoisotopic (exact) mass is 250 g/mol. The number of benzene rings is 1. The molecule has 1 aromatic rings. The molecule has 0 spiro atoms. The van der Waals surface area contributed by atoms with E-state index in [1.54, 1.807) is 30.3 Å². The van der Waals surface area contributed by atoms with Crippen molar-refractivity contribution < 1.29 is 14.7 Å². The van der Waals surface area contributed by atoms with Crippen LogP contribution in [0.5, 0.6) is 0 Å². The standard InChI is InChI=1S/C13H18N2O3/c1-3-9(2)14-13(18)15-11(12(16)17)10-7-5-4-6-8-10/h4-9,11H,3H2,1-2H3,(H,16,17)(H2,14,15,18)/t9?,11-/m1/s1. The normalized spacial score (nSPS) is 13.4. The Morgan fingerprint density at radius 3 is 2.33 bits per heavy atom. The van der Waals surface area contributed by atoms with E-state index >= 15 is 0 Å². The van der Waals surface area contributed by atoms with Gasteiger partial charge >= 0.3 is 12.0 Å². The van der Waals surface area contributed by atoms with Crippen LogP contribution in [-0.2, 0) is 4.79 Å². The van der Waals surface area contributed by atoms with Gasteiger partial charge in [0.25, 0.3) is 0 Å². The van der Waals surface area contributed by atoms with Crippen molar-refractivity contribution in [3.63, 3.8) is 0 Å². The van der Waals surface area contributed by atoms with Crippen LogP contribution in [0.25, 0.3) is 0 Å². The van der Waals surface area contributed by atoms with Crippen LogP contribution in [0.1, 0.15) is 31.9 Å². The van der Waals surface area contributed by atoms with Crippen molar-refractivity contribution in [1.82, 2.24) is 10.6 Å². The third-order valence-electron chi connectivity index (χ3n) is 2.65. The third-order valence-corrected chi connectivity index (χ3v) is 2.65. The number of rotatable bonds is 5. The minimum atomic E-state index is -1.08. The van der Waals surface area contributed by atoms with Crippen LogP contribution in [0.4, 0.5) is 4.79 Å². The van der Waals surface area contributed by atoms with Crippen molar-refractivity contribution in [3.8, 4) is 0 Å². The van der Waals surface area contributed by atoms with Gasteiger partial charge in [-0.2, -0.15) is 0 Å². The lowest BCUT2D eigenvalue weighted by atomic mass is 10.1.